The van der Waals surface area contributed by atoms with E-state index >= 15 is 0 Å². The molecule has 1 heterocycles. The molecule has 60 valence electrons. The van der Waals surface area contributed by atoms with Crippen molar-refractivity contribution >= 4 is 12.6 Å². The zero-order chi connectivity index (χ0) is 8.43. The number of hydrogen-bond acceptors (Lipinski definition) is 2. The van der Waals surface area contributed by atoms with E-state index in [0.717, 1.165) is 22.3 Å². The van der Waals surface area contributed by atoms with Gasteiger partial charge in [0.1, 0.15) is 0 Å². The lowest BCUT2D eigenvalue weighted by atomic mass is 10.1. The Bertz CT molecular complexity index is 273. The second-order valence-corrected chi connectivity index (χ2v) is 2.98. The molecule has 0 saturated carbocycles. The number of pyridine rings is 1. The van der Waals surface area contributed by atoms with Crippen LogP contribution in [0, 0.1) is 12.1 Å². The summed E-state index contributed by atoms with van der Waals surface area (Å²) >= 11 is 4.00. The molecule has 1 rings (SSSR count). The highest BCUT2D eigenvalue weighted by atomic mass is 32.1. The molecule has 0 aromatic carbocycles. The van der Waals surface area contributed by atoms with Gasteiger partial charge in [0.25, 0.3) is 0 Å². The highest BCUT2D eigenvalue weighted by Crippen LogP contribution is 2.09. The van der Waals surface area contributed by atoms with E-state index in [1.807, 2.05) is 13.8 Å². The van der Waals surface area contributed by atoms with Crippen molar-refractivity contribution in [1.29, 1.82) is 0 Å². The first-order valence-corrected chi connectivity index (χ1v) is 4.01. The van der Waals surface area contributed by atoms with Crippen molar-refractivity contribution in [3.8, 4) is 0 Å². The molecule has 0 spiro atoms. The van der Waals surface area contributed by atoms with E-state index in [9.17, 15) is 5.21 Å². The van der Waals surface area contributed by atoms with Crippen molar-refractivity contribution in [3.63, 3.8) is 0 Å². The molecule has 0 unspecified atom stereocenters. The van der Waals surface area contributed by atoms with Crippen molar-refractivity contribution in [3.05, 3.63) is 28.6 Å². The monoisotopic (exact) mass is 169 g/mol. The first-order valence-electron chi connectivity index (χ1n) is 3.56. The van der Waals surface area contributed by atoms with E-state index in [1.165, 1.54) is 0 Å². The van der Waals surface area contributed by atoms with Gasteiger partial charge in [0.2, 0.25) is 5.03 Å². The predicted octanol–water partition coefficient (Wildman–Crippen LogP) is 1.48. The molecule has 0 aliphatic carbocycles. The van der Waals surface area contributed by atoms with Gasteiger partial charge in [-0.3, -0.25) is 0 Å². The normalized spacial score (nSPS) is 10.1. The second kappa shape index (κ2) is 3.13. The lowest BCUT2D eigenvalue weighted by Gasteiger charge is -2.04. The Kier molecular flexibility index (Phi) is 2.39. The van der Waals surface area contributed by atoms with E-state index in [1.54, 1.807) is 12.3 Å². The third kappa shape index (κ3) is 1.66. The molecule has 0 aliphatic heterocycles. The third-order valence-corrected chi connectivity index (χ3v) is 2.06. The molecule has 0 amide bonds. The van der Waals surface area contributed by atoms with Gasteiger partial charge in [-0.05, 0) is 18.9 Å². The van der Waals surface area contributed by atoms with Crippen LogP contribution < -0.4 is 4.73 Å². The Balaban J connectivity index is 3.21. The Labute approximate surface area is 71.9 Å². The molecule has 0 radical (unpaired) electrons. The maximum absolute atomic E-state index is 11.0. The molecule has 0 saturated heterocycles. The number of rotatable bonds is 1. The van der Waals surface area contributed by atoms with Crippen molar-refractivity contribution < 1.29 is 4.73 Å². The summed E-state index contributed by atoms with van der Waals surface area (Å²) in [6.45, 7) is 4.01. The van der Waals surface area contributed by atoms with Crippen LogP contribution in [0.5, 0.6) is 0 Å². The Morgan fingerprint density at radius 2 is 2.27 bits per heavy atom. The van der Waals surface area contributed by atoms with Crippen LogP contribution in [0.2, 0.25) is 0 Å². The lowest BCUT2D eigenvalue weighted by Crippen LogP contribution is -2.28. The van der Waals surface area contributed by atoms with Crippen molar-refractivity contribution in [2.75, 3.05) is 0 Å². The number of aromatic nitrogens is 1. The number of aryl methyl sites for hydroxylation is 2. The Morgan fingerprint density at radius 1 is 1.64 bits per heavy atom. The van der Waals surface area contributed by atoms with Crippen LogP contribution in [0.3, 0.4) is 0 Å². The van der Waals surface area contributed by atoms with Crippen LogP contribution in [-0.4, -0.2) is 0 Å². The quantitative estimate of drug-likeness (QED) is 0.385. The molecular formula is C8H11NOS. The van der Waals surface area contributed by atoms with Gasteiger partial charge in [-0.15, -0.1) is 0 Å². The summed E-state index contributed by atoms with van der Waals surface area (Å²) in [6, 6.07) is 1.79. The number of thiol groups is 1. The fraction of sp³-hybridized carbons (Fsp3) is 0.375. The van der Waals surface area contributed by atoms with Gasteiger partial charge in [0.15, 0.2) is 6.20 Å². The molecule has 2 nitrogen and oxygen atoms in total. The summed E-state index contributed by atoms with van der Waals surface area (Å²) < 4.78 is 0.787. The zero-order valence-corrected chi connectivity index (χ0v) is 7.56. The minimum Gasteiger partial charge on any atom is -0.618 e. The average molecular weight is 169 g/mol. The minimum absolute atomic E-state index is 0.458. The third-order valence-electron chi connectivity index (χ3n) is 1.73. The molecule has 0 atom stereocenters. The predicted molar refractivity (Wildman–Crippen MR) is 46.8 cm³/mol. The second-order valence-electron chi connectivity index (χ2n) is 2.52. The van der Waals surface area contributed by atoms with Crippen molar-refractivity contribution in [1.82, 2.24) is 0 Å². The van der Waals surface area contributed by atoms with E-state index < -0.39 is 0 Å². The van der Waals surface area contributed by atoms with Gasteiger partial charge in [-0.25, -0.2) is 0 Å². The van der Waals surface area contributed by atoms with E-state index in [2.05, 4.69) is 12.6 Å². The lowest BCUT2D eigenvalue weighted by molar-refractivity contribution is -0.645. The van der Waals surface area contributed by atoms with E-state index in [-0.39, 0.29) is 0 Å². The van der Waals surface area contributed by atoms with E-state index in [4.69, 9.17) is 0 Å². The number of hydrogen-bond donors (Lipinski definition) is 1. The zero-order valence-electron chi connectivity index (χ0n) is 6.66. The molecule has 0 fully saturated rings. The van der Waals surface area contributed by atoms with Crippen LogP contribution in [0.1, 0.15) is 18.1 Å². The first kappa shape index (κ1) is 8.40. The van der Waals surface area contributed by atoms with Gasteiger partial charge in [0.05, 0.1) is 0 Å². The Hall–Kier alpha value is -0.700. The van der Waals surface area contributed by atoms with Gasteiger partial charge in [-0.2, -0.15) is 4.73 Å². The maximum atomic E-state index is 11.0. The first-order chi connectivity index (χ1) is 5.15. The molecule has 11 heavy (non-hydrogen) atoms. The van der Waals surface area contributed by atoms with Crippen molar-refractivity contribution in [2.24, 2.45) is 0 Å². The number of nitrogens with zero attached hydrogens (tertiary/aromatic N) is 1. The minimum atomic E-state index is 0.458. The molecule has 1 aromatic heterocycles. The summed E-state index contributed by atoms with van der Waals surface area (Å²) in [5.41, 5.74) is 2.21. The average Bonchev–Trinajstić information content (AvgIpc) is 1.97. The molecular weight excluding hydrogens is 158 g/mol. The maximum Gasteiger partial charge on any atom is 0.248 e. The van der Waals surface area contributed by atoms with Crippen LogP contribution in [-0.2, 0) is 6.42 Å². The molecule has 3 heteroatoms. The van der Waals surface area contributed by atoms with E-state index in [0.29, 0.717) is 5.03 Å². The summed E-state index contributed by atoms with van der Waals surface area (Å²) in [5, 5.41) is 11.4. The summed E-state index contributed by atoms with van der Waals surface area (Å²) in [5.74, 6) is 0. The van der Waals surface area contributed by atoms with Crippen LogP contribution in [0.4, 0.5) is 0 Å². The largest absolute Gasteiger partial charge is 0.618 e. The summed E-state index contributed by atoms with van der Waals surface area (Å²) in [6.07, 6.45) is 2.47. The SMILES string of the molecule is CCc1c[n+]([O-])c(S)cc1C. The van der Waals surface area contributed by atoms with Crippen molar-refractivity contribution in [2.45, 2.75) is 25.3 Å². The van der Waals surface area contributed by atoms with Crippen LogP contribution >= 0.6 is 12.6 Å². The Morgan fingerprint density at radius 3 is 2.82 bits per heavy atom. The summed E-state index contributed by atoms with van der Waals surface area (Å²) in [7, 11) is 0. The van der Waals surface area contributed by atoms with Crippen LogP contribution in [0.25, 0.3) is 0 Å². The standard InChI is InChI=1S/C8H11NOS/c1-3-7-5-9(10)8(11)4-6(7)2/h4-5,11H,3H2,1-2H3. The van der Waals surface area contributed by atoms with Gasteiger partial charge in [-0.1, -0.05) is 19.6 Å². The van der Waals surface area contributed by atoms with Crippen LogP contribution in [0.15, 0.2) is 17.3 Å². The van der Waals surface area contributed by atoms with Gasteiger partial charge >= 0.3 is 0 Å². The highest BCUT2D eigenvalue weighted by Gasteiger charge is 2.04. The van der Waals surface area contributed by atoms with Gasteiger partial charge in [0, 0.05) is 11.6 Å². The molecule has 0 aliphatic rings. The highest BCUT2D eigenvalue weighted by molar-refractivity contribution is 7.80. The fourth-order valence-corrected chi connectivity index (χ4v) is 1.28. The smallest absolute Gasteiger partial charge is 0.248 e. The fourth-order valence-electron chi connectivity index (χ4n) is 1.03. The van der Waals surface area contributed by atoms with Gasteiger partial charge < -0.3 is 5.21 Å². The molecule has 0 bridgehead atoms. The topological polar surface area (TPSA) is 26.9 Å². The summed E-state index contributed by atoms with van der Waals surface area (Å²) in [4.78, 5) is 0. The molecule has 0 N–H and O–H groups in total. The molecule has 1 aromatic rings.